The van der Waals surface area contributed by atoms with Gasteiger partial charge in [0.25, 0.3) is 5.91 Å². The number of rotatable bonds is 2. The lowest BCUT2D eigenvalue weighted by Crippen LogP contribution is -2.54. The van der Waals surface area contributed by atoms with Crippen molar-refractivity contribution in [1.82, 2.24) is 15.1 Å². The van der Waals surface area contributed by atoms with E-state index in [2.05, 4.69) is 17.1 Å². The summed E-state index contributed by atoms with van der Waals surface area (Å²) in [5.41, 5.74) is -0.613. The smallest absolute Gasteiger partial charge is 0.323 e. The molecule has 0 aromatic heterocycles. The Bertz CT molecular complexity index is 432. The van der Waals surface area contributed by atoms with Gasteiger partial charge in [0.2, 0.25) is 0 Å². The Morgan fingerprint density at radius 3 is 2.41 bits per heavy atom. The van der Waals surface area contributed by atoms with Crippen molar-refractivity contribution in [2.45, 2.75) is 70.3 Å². The van der Waals surface area contributed by atoms with Crippen molar-refractivity contribution in [2.24, 2.45) is 5.92 Å². The summed E-state index contributed by atoms with van der Waals surface area (Å²) in [5.74, 6) is 0.266. The number of carbonyl (C=O) groups is 2. The van der Waals surface area contributed by atoms with Crippen LogP contribution in [0.5, 0.6) is 0 Å². The molecule has 0 bridgehead atoms. The highest BCUT2D eigenvalue weighted by Crippen LogP contribution is 2.38. The van der Waals surface area contributed by atoms with Gasteiger partial charge < -0.3 is 5.32 Å². The average Bonchev–Trinajstić information content (AvgIpc) is 2.70. The monoisotopic (exact) mass is 307 g/mol. The molecule has 2 saturated heterocycles. The molecule has 1 aliphatic carbocycles. The van der Waals surface area contributed by atoms with Gasteiger partial charge in [-0.1, -0.05) is 39.0 Å². The van der Waals surface area contributed by atoms with Crippen molar-refractivity contribution in [2.75, 3.05) is 19.8 Å². The number of amides is 3. The van der Waals surface area contributed by atoms with Gasteiger partial charge in [0.05, 0.1) is 6.67 Å². The van der Waals surface area contributed by atoms with Crippen LogP contribution in [0.3, 0.4) is 0 Å². The van der Waals surface area contributed by atoms with Gasteiger partial charge in [0.1, 0.15) is 5.54 Å². The topological polar surface area (TPSA) is 52.7 Å². The first-order valence-electron chi connectivity index (χ1n) is 9.00. The molecule has 2 aliphatic heterocycles. The van der Waals surface area contributed by atoms with E-state index in [-0.39, 0.29) is 17.9 Å². The van der Waals surface area contributed by atoms with Crippen LogP contribution >= 0.6 is 0 Å². The third-order valence-electron chi connectivity index (χ3n) is 5.79. The number of nitrogens with one attached hydrogen (secondary N) is 1. The maximum Gasteiger partial charge on any atom is 0.326 e. The predicted octanol–water partition coefficient (Wildman–Crippen LogP) is 2.71. The number of nitrogens with zero attached hydrogens (tertiary/aromatic N) is 2. The van der Waals surface area contributed by atoms with Gasteiger partial charge in [0, 0.05) is 0 Å². The van der Waals surface area contributed by atoms with Gasteiger partial charge in [-0.2, -0.15) is 0 Å². The van der Waals surface area contributed by atoms with Crippen LogP contribution in [0.15, 0.2) is 0 Å². The van der Waals surface area contributed by atoms with Crippen LogP contribution in [-0.4, -0.2) is 47.0 Å². The van der Waals surface area contributed by atoms with Crippen LogP contribution in [0.25, 0.3) is 0 Å². The minimum atomic E-state index is -0.613. The second-order valence-electron chi connectivity index (χ2n) is 7.31. The van der Waals surface area contributed by atoms with Crippen molar-refractivity contribution < 1.29 is 9.59 Å². The van der Waals surface area contributed by atoms with E-state index in [9.17, 15) is 9.59 Å². The molecule has 3 amide bonds. The highest BCUT2D eigenvalue weighted by atomic mass is 16.2. The van der Waals surface area contributed by atoms with Crippen LogP contribution in [-0.2, 0) is 4.79 Å². The molecule has 0 aromatic rings. The first-order valence-corrected chi connectivity index (χ1v) is 9.00. The van der Waals surface area contributed by atoms with Gasteiger partial charge in [-0.15, -0.1) is 0 Å². The SMILES string of the molecule is C[C@@H]1CCCC[C@]12NC(=O)N(CN1CCCCCCC1)C2=O. The van der Waals surface area contributed by atoms with E-state index in [4.69, 9.17) is 0 Å². The summed E-state index contributed by atoms with van der Waals surface area (Å²) in [6.45, 7) is 4.58. The molecular formula is C17H29N3O2. The number of carbonyl (C=O) groups excluding carboxylic acids is 2. The molecule has 0 radical (unpaired) electrons. The zero-order valence-corrected chi connectivity index (χ0v) is 13.8. The number of urea groups is 1. The summed E-state index contributed by atoms with van der Waals surface area (Å²) >= 11 is 0. The van der Waals surface area contributed by atoms with Gasteiger partial charge in [-0.05, 0) is 44.7 Å². The van der Waals surface area contributed by atoms with Gasteiger partial charge >= 0.3 is 6.03 Å². The molecule has 3 aliphatic rings. The molecule has 22 heavy (non-hydrogen) atoms. The molecule has 1 N–H and O–H groups in total. The molecule has 2 atom stereocenters. The Balaban J connectivity index is 1.68. The summed E-state index contributed by atoms with van der Waals surface area (Å²) in [6.07, 6.45) is 10.2. The van der Waals surface area contributed by atoms with E-state index in [1.54, 1.807) is 0 Å². The Kier molecular flexibility index (Phi) is 4.71. The lowest BCUT2D eigenvalue weighted by molar-refractivity contribution is -0.135. The molecule has 5 heteroatoms. The van der Waals surface area contributed by atoms with E-state index in [1.165, 1.54) is 37.0 Å². The van der Waals surface area contributed by atoms with Crippen molar-refractivity contribution >= 4 is 11.9 Å². The summed E-state index contributed by atoms with van der Waals surface area (Å²) in [4.78, 5) is 29.1. The van der Waals surface area contributed by atoms with Gasteiger partial charge in [0.15, 0.2) is 0 Å². The van der Waals surface area contributed by atoms with Crippen LogP contribution in [0.4, 0.5) is 4.79 Å². The minimum Gasteiger partial charge on any atom is -0.323 e. The fourth-order valence-corrected chi connectivity index (χ4v) is 4.28. The standard InChI is InChI=1S/C17H29N3O2/c1-14-9-5-6-10-17(14)15(21)20(16(22)18-17)13-19-11-7-3-2-4-8-12-19/h14H,2-13H2,1H3,(H,18,22)/t14-,17+/m1/s1. The zero-order chi connectivity index (χ0) is 15.6. The number of hydrogen-bond acceptors (Lipinski definition) is 3. The molecule has 3 fully saturated rings. The van der Waals surface area contributed by atoms with Crippen LogP contribution in [0, 0.1) is 5.92 Å². The van der Waals surface area contributed by atoms with Gasteiger partial charge in [-0.25, -0.2) is 9.69 Å². The Hall–Kier alpha value is -1.10. The summed E-state index contributed by atoms with van der Waals surface area (Å²) < 4.78 is 0. The van der Waals surface area contributed by atoms with E-state index in [1.807, 2.05) is 0 Å². The van der Waals surface area contributed by atoms with Crippen molar-refractivity contribution in [3.63, 3.8) is 0 Å². The molecule has 0 aromatic carbocycles. The van der Waals surface area contributed by atoms with E-state index in [0.717, 1.165) is 38.8 Å². The molecule has 1 saturated carbocycles. The van der Waals surface area contributed by atoms with Crippen LogP contribution in [0.2, 0.25) is 0 Å². The molecular weight excluding hydrogens is 278 g/mol. The maximum atomic E-state index is 12.9. The fraction of sp³-hybridized carbons (Fsp3) is 0.882. The lowest BCUT2D eigenvalue weighted by Gasteiger charge is -2.37. The van der Waals surface area contributed by atoms with Crippen LogP contribution < -0.4 is 5.32 Å². The first-order chi connectivity index (χ1) is 10.6. The largest absolute Gasteiger partial charge is 0.326 e. The second-order valence-corrected chi connectivity index (χ2v) is 7.31. The van der Waals surface area contributed by atoms with E-state index < -0.39 is 5.54 Å². The van der Waals surface area contributed by atoms with Gasteiger partial charge in [-0.3, -0.25) is 9.69 Å². The average molecular weight is 307 g/mol. The Morgan fingerprint density at radius 1 is 1.05 bits per heavy atom. The minimum absolute atomic E-state index is 0.0201. The molecule has 5 nitrogen and oxygen atoms in total. The number of hydrogen-bond donors (Lipinski definition) is 1. The third kappa shape index (κ3) is 2.87. The van der Waals surface area contributed by atoms with Crippen molar-refractivity contribution in [1.29, 1.82) is 0 Å². The zero-order valence-electron chi connectivity index (χ0n) is 13.8. The summed E-state index contributed by atoms with van der Waals surface area (Å²) in [7, 11) is 0. The molecule has 1 spiro atoms. The Labute approximate surface area is 133 Å². The molecule has 124 valence electrons. The molecule has 0 unspecified atom stereocenters. The van der Waals surface area contributed by atoms with E-state index in [0.29, 0.717) is 6.67 Å². The predicted molar refractivity (Wildman–Crippen MR) is 85.3 cm³/mol. The first kappa shape index (κ1) is 15.8. The normalized spacial score (nSPS) is 34.6. The molecule has 2 heterocycles. The summed E-state index contributed by atoms with van der Waals surface area (Å²) in [6, 6.07) is -0.180. The highest BCUT2D eigenvalue weighted by Gasteiger charge is 2.54. The fourth-order valence-electron chi connectivity index (χ4n) is 4.28. The Morgan fingerprint density at radius 2 is 1.73 bits per heavy atom. The quantitative estimate of drug-likeness (QED) is 0.798. The molecule has 3 rings (SSSR count). The lowest BCUT2D eigenvalue weighted by atomic mass is 9.73. The number of imide groups is 1. The number of likely N-dealkylation sites (tertiary alicyclic amines) is 1. The second kappa shape index (κ2) is 6.57. The van der Waals surface area contributed by atoms with E-state index >= 15 is 0 Å². The third-order valence-corrected chi connectivity index (χ3v) is 5.79. The van der Waals surface area contributed by atoms with Crippen molar-refractivity contribution in [3.05, 3.63) is 0 Å². The highest BCUT2D eigenvalue weighted by molar-refractivity contribution is 6.07. The van der Waals surface area contributed by atoms with Crippen LogP contribution in [0.1, 0.15) is 64.7 Å². The maximum absolute atomic E-state index is 12.9. The van der Waals surface area contributed by atoms with Crippen molar-refractivity contribution in [3.8, 4) is 0 Å². The summed E-state index contributed by atoms with van der Waals surface area (Å²) in [5, 5.41) is 3.05.